The average molecular weight is 257 g/mol. The van der Waals surface area contributed by atoms with Crippen molar-refractivity contribution < 1.29 is 5.11 Å². The van der Waals surface area contributed by atoms with Crippen molar-refractivity contribution >= 4 is 27.4 Å². The summed E-state index contributed by atoms with van der Waals surface area (Å²) in [7, 11) is 0. The highest BCUT2D eigenvalue weighted by Gasteiger charge is 2.15. The number of anilines is 1. The number of thiophene rings is 1. The summed E-state index contributed by atoms with van der Waals surface area (Å²) < 4.78 is 1.05. The third-order valence-corrected chi connectivity index (χ3v) is 3.66. The standard InChI is InChI=1S/C13H11N3OS/c14-13-9(2-1-4-15-13)12(17)8-6-11-10(16-7-8)3-5-18-11/h1-7,12,17H,(H2,14,15). The van der Waals surface area contributed by atoms with Crippen molar-refractivity contribution in [3.63, 3.8) is 0 Å². The lowest BCUT2D eigenvalue weighted by molar-refractivity contribution is 0.220. The fourth-order valence-electron chi connectivity index (χ4n) is 1.85. The average Bonchev–Trinajstić information content (AvgIpc) is 2.85. The number of nitrogens with two attached hydrogens (primary N) is 1. The maximum absolute atomic E-state index is 10.3. The Morgan fingerprint density at radius 3 is 3.00 bits per heavy atom. The minimum absolute atomic E-state index is 0.344. The predicted molar refractivity (Wildman–Crippen MR) is 72.3 cm³/mol. The summed E-state index contributed by atoms with van der Waals surface area (Å²) in [6.45, 7) is 0. The molecule has 0 radical (unpaired) electrons. The normalized spacial score (nSPS) is 12.7. The Hall–Kier alpha value is -1.98. The van der Waals surface area contributed by atoms with Gasteiger partial charge in [-0.1, -0.05) is 6.07 Å². The van der Waals surface area contributed by atoms with E-state index in [-0.39, 0.29) is 0 Å². The van der Waals surface area contributed by atoms with E-state index in [1.54, 1.807) is 35.9 Å². The summed E-state index contributed by atoms with van der Waals surface area (Å²) in [5.74, 6) is 0.344. The van der Waals surface area contributed by atoms with E-state index in [2.05, 4.69) is 9.97 Å². The molecule has 1 unspecified atom stereocenters. The molecule has 0 bridgehead atoms. The van der Waals surface area contributed by atoms with Gasteiger partial charge < -0.3 is 10.8 Å². The number of nitrogens with zero attached hydrogens (tertiary/aromatic N) is 2. The Morgan fingerprint density at radius 1 is 1.28 bits per heavy atom. The SMILES string of the molecule is Nc1ncccc1C(O)c1cnc2ccsc2c1. The van der Waals surface area contributed by atoms with Gasteiger partial charge >= 0.3 is 0 Å². The van der Waals surface area contributed by atoms with E-state index in [0.717, 1.165) is 15.8 Å². The highest BCUT2D eigenvalue weighted by molar-refractivity contribution is 7.17. The Balaban J connectivity index is 2.06. The second-order valence-corrected chi connectivity index (χ2v) is 4.90. The van der Waals surface area contributed by atoms with Crippen molar-refractivity contribution in [3.05, 3.63) is 53.2 Å². The molecule has 4 nitrogen and oxygen atoms in total. The Bertz CT molecular complexity index is 695. The highest BCUT2D eigenvalue weighted by atomic mass is 32.1. The van der Waals surface area contributed by atoms with E-state index in [0.29, 0.717) is 11.4 Å². The maximum Gasteiger partial charge on any atom is 0.129 e. The molecule has 0 saturated carbocycles. The molecule has 0 aliphatic rings. The number of rotatable bonds is 2. The molecule has 0 amide bonds. The number of aromatic nitrogens is 2. The van der Waals surface area contributed by atoms with Gasteiger partial charge in [0.15, 0.2) is 0 Å². The molecule has 3 aromatic rings. The van der Waals surface area contributed by atoms with Crippen molar-refractivity contribution in [3.8, 4) is 0 Å². The second kappa shape index (κ2) is 4.36. The predicted octanol–water partition coefficient (Wildman–Crippen LogP) is 2.36. The van der Waals surface area contributed by atoms with E-state index < -0.39 is 6.10 Å². The van der Waals surface area contributed by atoms with E-state index in [4.69, 9.17) is 5.73 Å². The number of aliphatic hydroxyl groups excluding tert-OH is 1. The van der Waals surface area contributed by atoms with Gasteiger partial charge in [-0.2, -0.15) is 0 Å². The van der Waals surface area contributed by atoms with Crippen LogP contribution in [0.2, 0.25) is 0 Å². The number of aliphatic hydroxyl groups is 1. The fraction of sp³-hybridized carbons (Fsp3) is 0.0769. The zero-order valence-corrected chi connectivity index (χ0v) is 10.3. The second-order valence-electron chi connectivity index (χ2n) is 3.95. The quantitative estimate of drug-likeness (QED) is 0.739. The molecule has 3 rings (SSSR count). The van der Waals surface area contributed by atoms with Gasteiger partial charge in [-0.15, -0.1) is 11.3 Å². The first kappa shape index (κ1) is 11.1. The summed E-state index contributed by atoms with van der Waals surface area (Å²) in [6.07, 6.45) is 2.48. The zero-order chi connectivity index (χ0) is 12.5. The van der Waals surface area contributed by atoms with Crippen molar-refractivity contribution in [1.29, 1.82) is 0 Å². The van der Waals surface area contributed by atoms with Crippen LogP contribution in [0, 0.1) is 0 Å². The third-order valence-electron chi connectivity index (χ3n) is 2.81. The number of hydrogen-bond acceptors (Lipinski definition) is 5. The number of hydrogen-bond donors (Lipinski definition) is 2. The van der Waals surface area contributed by atoms with Crippen LogP contribution >= 0.6 is 11.3 Å². The van der Waals surface area contributed by atoms with E-state index >= 15 is 0 Å². The molecule has 0 saturated heterocycles. The molecule has 0 aliphatic carbocycles. The van der Waals surface area contributed by atoms with Gasteiger partial charge in [-0.25, -0.2) is 4.98 Å². The first-order chi connectivity index (χ1) is 8.75. The molecule has 0 fully saturated rings. The van der Waals surface area contributed by atoms with Crippen LogP contribution in [0.4, 0.5) is 5.82 Å². The van der Waals surface area contributed by atoms with Crippen LogP contribution in [0.25, 0.3) is 10.2 Å². The highest BCUT2D eigenvalue weighted by Crippen LogP contribution is 2.28. The van der Waals surface area contributed by atoms with Gasteiger partial charge in [0.1, 0.15) is 11.9 Å². The van der Waals surface area contributed by atoms with Gasteiger partial charge in [-0.3, -0.25) is 4.98 Å². The lowest BCUT2D eigenvalue weighted by Gasteiger charge is -2.12. The Labute approximate surface area is 108 Å². The molecule has 3 aromatic heterocycles. The molecule has 90 valence electrons. The molecule has 0 spiro atoms. The number of nitrogen functional groups attached to an aromatic ring is 1. The number of pyridine rings is 2. The molecule has 0 aromatic carbocycles. The molecule has 0 aliphatic heterocycles. The molecular formula is C13H11N3OS. The molecular weight excluding hydrogens is 246 g/mol. The largest absolute Gasteiger partial charge is 0.383 e. The van der Waals surface area contributed by atoms with Crippen LogP contribution in [-0.4, -0.2) is 15.1 Å². The van der Waals surface area contributed by atoms with Crippen molar-refractivity contribution in [2.45, 2.75) is 6.10 Å². The van der Waals surface area contributed by atoms with Crippen LogP contribution in [0.1, 0.15) is 17.2 Å². The van der Waals surface area contributed by atoms with Crippen LogP contribution in [0.3, 0.4) is 0 Å². The maximum atomic E-state index is 10.3. The van der Waals surface area contributed by atoms with Crippen molar-refractivity contribution in [2.24, 2.45) is 0 Å². The monoisotopic (exact) mass is 257 g/mol. The Morgan fingerprint density at radius 2 is 2.17 bits per heavy atom. The van der Waals surface area contributed by atoms with Gasteiger partial charge in [0.25, 0.3) is 0 Å². The van der Waals surface area contributed by atoms with E-state index in [1.165, 1.54) is 0 Å². The molecule has 5 heteroatoms. The first-order valence-corrected chi connectivity index (χ1v) is 6.35. The molecule has 18 heavy (non-hydrogen) atoms. The van der Waals surface area contributed by atoms with Gasteiger partial charge in [0.2, 0.25) is 0 Å². The summed E-state index contributed by atoms with van der Waals surface area (Å²) in [5, 5.41) is 12.3. The minimum Gasteiger partial charge on any atom is -0.383 e. The molecule has 1 atom stereocenters. The number of fused-ring (bicyclic) bond motifs is 1. The fourth-order valence-corrected chi connectivity index (χ4v) is 2.64. The summed E-state index contributed by atoms with van der Waals surface area (Å²) >= 11 is 1.60. The molecule has 3 heterocycles. The van der Waals surface area contributed by atoms with Crippen LogP contribution < -0.4 is 5.73 Å². The smallest absolute Gasteiger partial charge is 0.129 e. The summed E-state index contributed by atoms with van der Waals surface area (Å²) in [5.41, 5.74) is 8.04. The van der Waals surface area contributed by atoms with Crippen LogP contribution in [0.15, 0.2) is 42.0 Å². The van der Waals surface area contributed by atoms with Gasteiger partial charge in [-0.05, 0) is 23.6 Å². The van der Waals surface area contributed by atoms with Crippen molar-refractivity contribution in [1.82, 2.24) is 9.97 Å². The lowest BCUT2D eigenvalue weighted by atomic mass is 10.0. The van der Waals surface area contributed by atoms with E-state index in [1.807, 2.05) is 17.5 Å². The topological polar surface area (TPSA) is 72.0 Å². The first-order valence-electron chi connectivity index (χ1n) is 5.47. The van der Waals surface area contributed by atoms with Crippen LogP contribution in [0.5, 0.6) is 0 Å². The third kappa shape index (κ3) is 1.83. The lowest BCUT2D eigenvalue weighted by Crippen LogP contribution is -2.05. The van der Waals surface area contributed by atoms with Crippen LogP contribution in [-0.2, 0) is 0 Å². The van der Waals surface area contributed by atoms with Crippen molar-refractivity contribution in [2.75, 3.05) is 5.73 Å². The van der Waals surface area contributed by atoms with Gasteiger partial charge in [0.05, 0.1) is 10.2 Å². The summed E-state index contributed by atoms with van der Waals surface area (Å²) in [4.78, 5) is 8.28. The van der Waals surface area contributed by atoms with Gasteiger partial charge in [0, 0.05) is 23.5 Å². The molecule has 3 N–H and O–H groups in total. The summed E-state index contributed by atoms with van der Waals surface area (Å²) in [6, 6.07) is 7.41. The van der Waals surface area contributed by atoms with E-state index in [9.17, 15) is 5.11 Å². The Kier molecular flexibility index (Phi) is 2.70. The minimum atomic E-state index is -0.794. The zero-order valence-electron chi connectivity index (χ0n) is 9.45.